The van der Waals surface area contributed by atoms with Gasteiger partial charge in [-0.3, -0.25) is 14.4 Å². The second-order valence-electron chi connectivity index (χ2n) is 19.5. The van der Waals surface area contributed by atoms with Gasteiger partial charge in [0.25, 0.3) is 0 Å². The zero-order valence-electron chi connectivity index (χ0n) is 48.7. The van der Waals surface area contributed by atoms with E-state index >= 15 is 0 Å². The number of carbonyl (C=O) groups excluding carboxylic acids is 3. The Hall–Kier alpha value is -4.97. The van der Waals surface area contributed by atoms with E-state index in [-0.39, 0.29) is 38.0 Å². The van der Waals surface area contributed by atoms with Crippen LogP contribution in [-0.2, 0) is 28.6 Å². The van der Waals surface area contributed by atoms with E-state index in [1.165, 1.54) is 64.2 Å². The van der Waals surface area contributed by atoms with Crippen LogP contribution in [0.1, 0.15) is 245 Å². The van der Waals surface area contributed by atoms with Gasteiger partial charge in [-0.2, -0.15) is 0 Å². The van der Waals surface area contributed by atoms with Gasteiger partial charge in [0.15, 0.2) is 6.10 Å². The average Bonchev–Trinajstić information content (AvgIpc) is 3.42. The molecule has 0 amide bonds. The van der Waals surface area contributed by atoms with Gasteiger partial charge < -0.3 is 14.2 Å². The molecule has 0 saturated carbocycles. The molecule has 426 valence electrons. The number of unbranched alkanes of at least 4 members (excludes halogenated alkanes) is 17. The number of hydrogen-bond acceptors (Lipinski definition) is 6. The molecule has 0 aromatic carbocycles. The van der Waals surface area contributed by atoms with Gasteiger partial charge >= 0.3 is 17.9 Å². The van der Waals surface area contributed by atoms with Crippen LogP contribution in [0.25, 0.3) is 0 Å². The first-order valence-electron chi connectivity index (χ1n) is 30.5. The van der Waals surface area contributed by atoms with Crippen LogP contribution in [0.3, 0.4) is 0 Å². The number of ether oxygens (including phenoxy) is 3. The summed E-state index contributed by atoms with van der Waals surface area (Å²) in [5.74, 6) is -1.09. The summed E-state index contributed by atoms with van der Waals surface area (Å²) in [6.45, 7) is 6.28. The molecule has 0 rings (SSSR count). The maximum absolute atomic E-state index is 12.9. The fourth-order valence-corrected chi connectivity index (χ4v) is 7.78. The first kappa shape index (κ1) is 71.0. The molecule has 0 aliphatic heterocycles. The Kier molecular flexibility index (Phi) is 58.5. The first-order chi connectivity index (χ1) is 37.5. The fraction of sp³-hybridized carbons (Fsp3) is 0.586. The van der Waals surface area contributed by atoms with Gasteiger partial charge in [0.1, 0.15) is 13.2 Å². The van der Waals surface area contributed by atoms with E-state index in [1.807, 2.05) is 6.08 Å². The lowest BCUT2D eigenvalue weighted by molar-refractivity contribution is -0.166. The molecule has 0 aromatic rings. The van der Waals surface area contributed by atoms with Crippen molar-refractivity contribution in [2.45, 2.75) is 252 Å². The predicted octanol–water partition coefficient (Wildman–Crippen LogP) is 20.9. The first-order valence-corrected chi connectivity index (χ1v) is 30.5. The van der Waals surface area contributed by atoms with Crippen LogP contribution in [-0.4, -0.2) is 37.2 Å². The minimum atomic E-state index is -0.837. The molecule has 1 unspecified atom stereocenters. The zero-order valence-corrected chi connectivity index (χ0v) is 48.7. The Morgan fingerprint density at radius 3 is 0.921 bits per heavy atom. The third-order valence-corrected chi connectivity index (χ3v) is 12.3. The van der Waals surface area contributed by atoms with Crippen LogP contribution in [0.15, 0.2) is 158 Å². The second-order valence-corrected chi connectivity index (χ2v) is 19.5. The van der Waals surface area contributed by atoms with Crippen LogP contribution in [0.5, 0.6) is 0 Å². The van der Waals surface area contributed by atoms with E-state index in [1.54, 1.807) is 6.08 Å². The van der Waals surface area contributed by atoms with Crippen molar-refractivity contribution in [3.8, 4) is 0 Å². The summed E-state index contributed by atoms with van der Waals surface area (Å²) in [5.41, 5.74) is 0. The van der Waals surface area contributed by atoms with Crippen molar-refractivity contribution in [3.63, 3.8) is 0 Å². The summed E-state index contributed by atoms with van der Waals surface area (Å²) >= 11 is 0. The van der Waals surface area contributed by atoms with Crippen molar-refractivity contribution >= 4 is 17.9 Å². The zero-order chi connectivity index (χ0) is 55.0. The lowest BCUT2D eigenvalue weighted by Gasteiger charge is -2.18. The normalized spacial score (nSPS) is 13.2. The SMILES string of the molecule is CC/C=C\C/C=C\C/C=C\C/C=C\C/C=C\C/C=C\CCCCCCCCCCC(=O)OCC(COC(=O)C/C=C\C/C=C\C/C=C\C/C=C\C/C=C\CC)OC(=O)CCCCCCC/C=C\C/C=C\CCCCCC. The molecule has 0 aliphatic carbocycles. The third kappa shape index (κ3) is 59.9. The monoisotopic (exact) mass is 1050 g/mol. The van der Waals surface area contributed by atoms with Gasteiger partial charge in [-0.15, -0.1) is 0 Å². The van der Waals surface area contributed by atoms with Crippen molar-refractivity contribution in [2.75, 3.05) is 13.2 Å². The Bertz CT molecular complexity index is 1720. The molecule has 76 heavy (non-hydrogen) atoms. The van der Waals surface area contributed by atoms with E-state index < -0.39 is 12.1 Å². The minimum Gasteiger partial charge on any atom is -0.462 e. The van der Waals surface area contributed by atoms with Gasteiger partial charge in [-0.1, -0.05) is 256 Å². The molecular weight excluding hydrogens is 937 g/mol. The summed E-state index contributed by atoms with van der Waals surface area (Å²) in [6.07, 6.45) is 91.2. The Balaban J connectivity index is 4.47. The minimum absolute atomic E-state index is 0.115. The van der Waals surface area contributed by atoms with E-state index in [4.69, 9.17) is 14.2 Å². The van der Waals surface area contributed by atoms with Gasteiger partial charge in [-0.25, -0.2) is 0 Å². The molecule has 0 spiro atoms. The highest BCUT2D eigenvalue weighted by Crippen LogP contribution is 2.14. The van der Waals surface area contributed by atoms with E-state index in [2.05, 4.69) is 167 Å². The number of carbonyl (C=O) groups is 3. The molecule has 0 aliphatic rings. The highest BCUT2D eigenvalue weighted by atomic mass is 16.6. The number of rotatable bonds is 53. The molecule has 0 heterocycles. The Morgan fingerprint density at radius 1 is 0.289 bits per heavy atom. The van der Waals surface area contributed by atoms with Gasteiger partial charge in [0.2, 0.25) is 0 Å². The van der Waals surface area contributed by atoms with Crippen molar-refractivity contribution in [3.05, 3.63) is 158 Å². The largest absolute Gasteiger partial charge is 0.462 e. The van der Waals surface area contributed by atoms with E-state index in [0.29, 0.717) is 6.42 Å². The summed E-state index contributed by atoms with van der Waals surface area (Å²) in [5, 5.41) is 0. The van der Waals surface area contributed by atoms with E-state index in [9.17, 15) is 14.4 Å². The van der Waals surface area contributed by atoms with Crippen molar-refractivity contribution in [2.24, 2.45) is 0 Å². The molecule has 0 N–H and O–H groups in total. The van der Waals surface area contributed by atoms with Crippen LogP contribution in [0, 0.1) is 0 Å². The maximum Gasteiger partial charge on any atom is 0.309 e. The molecule has 6 nitrogen and oxygen atoms in total. The molecular formula is C70H110O6. The molecule has 0 radical (unpaired) electrons. The summed E-state index contributed by atoms with van der Waals surface area (Å²) in [6, 6.07) is 0. The van der Waals surface area contributed by atoms with Gasteiger partial charge in [-0.05, 0) is 128 Å². The number of hydrogen-bond donors (Lipinski definition) is 0. The molecule has 0 bridgehead atoms. The lowest BCUT2D eigenvalue weighted by Crippen LogP contribution is -2.30. The smallest absolute Gasteiger partial charge is 0.309 e. The topological polar surface area (TPSA) is 78.9 Å². The van der Waals surface area contributed by atoms with Crippen LogP contribution in [0.4, 0.5) is 0 Å². The molecule has 0 aromatic heterocycles. The average molecular weight is 1050 g/mol. The Labute approximate surface area is 467 Å². The standard InChI is InChI=1S/C70H110O6/c1-4-7-10-13-16-19-22-25-28-30-31-32-33-34-35-36-37-38-39-40-43-45-48-51-54-57-60-63-69(72)75-66-67(65-74-68(71)62-59-56-53-50-47-44-41-27-24-21-18-15-12-9-6-3)76-70(73)64-61-58-55-52-49-46-42-29-26-23-20-17-14-11-8-5-2/h7,9-10,12,16,18-21,23,25,27-29,31-32,34-35,37-38,41-42,47,50,56,59,67H,4-6,8,11,13-15,17,22,24,26,30,33,36,39-40,43-46,48-49,51-55,57-58,60-66H2,1-3H3/b10-7-,12-9-,19-16-,21-18-,23-20-,28-25-,32-31-,35-34-,38-37-,41-27-,42-29-,50-47-,59-56-. The Morgan fingerprint density at radius 2 is 0.566 bits per heavy atom. The lowest BCUT2D eigenvalue weighted by atomic mass is 10.1. The number of allylic oxidation sites excluding steroid dienone is 25. The van der Waals surface area contributed by atoms with Crippen LogP contribution >= 0.6 is 0 Å². The highest BCUT2D eigenvalue weighted by Gasteiger charge is 2.19. The second kappa shape index (κ2) is 62.6. The van der Waals surface area contributed by atoms with Gasteiger partial charge in [0.05, 0.1) is 6.42 Å². The molecule has 6 heteroatoms. The number of esters is 3. The molecule has 0 fully saturated rings. The summed E-state index contributed by atoms with van der Waals surface area (Å²) in [7, 11) is 0. The van der Waals surface area contributed by atoms with Crippen LogP contribution < -0.4 is 0 Å². The van der Waals surface area contributed by atoms with E-state index in [0.717, 1.165) is 141 Å². The van der Waals surface area contributed by atoms with Crippen molar-refractivity contribution < 1.29 is 28.6 Å². The van der Waals surface area contributed by atoms with Crippen molar-refractivity contribution in [1.29, 1.82) is 0 Å². The predicted molar refractivity (Wildman–Crippen MR) is 329 cm³/mol. The quantitative estimate of drug-likeness (QED) is 0.0261. The maximum atomic E-state index is 12.9. The van der Waals surface area contributed by atoms with Crippen molar-refractivity contribution in [1.82, 2.24) is 0 Å². The third-order valence-electron chi connectivity index (χ3n) is 12.3. The summed E-state index contributed by atoms with van der Waals surface area (Å²) < 4.78 is 16.8. The molecule has 1 atom stereocenters. The molecule has 0 saturated heterocycles. The highest BCUT2D eigenvalue weighted by molar-refractivity contribution is 5.72. The van der Waals surface area contributed by atoms with Crippen LogP contribution in [0.2, 0.25) is 0 Å². The summed E-state index contributed by atoms with van der Waals surface area (Å²) in [4.78, 5) is 38.2. The fourth-order valence-electron chi connectivity index (χ4n) is 7.78. The van der Waals surface area contributed by atoms with Gasteiger partial charge in [0, 0.05) is 12.8 Å².